The predicted octanol–water partition coefficient (Wildman–Crippen LogP) is 3.63. The van der Waals surface area contributed by atoms with Gasteiger partial charge in [-0.25, -0.2) is 4.79 Å². The molecule has 1 amide bonds. The molecule has 1 aliphatic rings. The third kappa shape index (κ3) is 3.51. The fraction of sp³-hybridized carbons (Fsp3) is 0.167. The van der Waals surface area contributed by atoms with Crippen molar-refractivity contribution in [3.8, 4) is 17.1 Å². The highest BCUT2D eigenvalue weighted by molar-refractivity contribution is 8.26. The van der Waals surface area contributed by atoms with E-state index in [0.717, 1.165) is 28.0 Å². The molecule has 3 rings (SSSR count). The fourth-order valence-corrected chi connectivity index (χ4v) is 3.79. The number of furan rings is 1. The Morgan fingerprint density at radius 3 is 2.62 bits per heavy atom. The van der Waals surface area contributed by atoms with E-state index in [-0.39, 0.29) is 4.32 Å². The molecule has 2 heterocycles. The molecule has 134 valence electrons. The van der Waals surface area contributed by atoms with Gasteiger partial charge in [-0.05, 0) is 43.3 Å². The monoisotopic (exact) mass is 389 g/mol. The number of hydrogen-bond donors (Lipinski definition) is 1. The summed E-state index contributed by atoms with van der Waals surface area (Å²) in [6, 6.07) is 9.93. The van der Waals surface area contributed by atoms with Crippen molar-refractivity contribution < 1.29 is 23.8 Å². The van der Waals surface area contributed by atoms with Gasteiger partial charge in [-0.1, -0.05) is 24.0 Å². The van der Waals surface area contributed by atoms with Crippen molar-refractivity contribution in [3.05, 3.63) is 47.1 Å². The Kier molecular flexibility index (Phi) is 5.15. The molecule has 2 aromatic rings. The molecular formula is C18H15NO5S2. The molecule has 1 aromatic carbocycles. The van der Waals surface area contributed by atoms with Gasteiger partial charge in [-0.2, -0.15) is 0 Å². The van der Waals surface area contributed by atoms with Crippen LogP contribution in [-0.2, 0) is 9.59 Å². The highest BCUT2D eigenvalue weighted by atomic mass is 32.2. The van der Waals surface area contributed by atoms with Crippen LogP contribution in [0.2, 0.25) is 0 Å². The van der Waals surface area contributed by atoms with Gasteiger partial charge in [-0.15, -0.1) is 0 Å². The van der Waals surface area contributed by atoms with Crippen LogP contribution < -0.4 is 4.74 Å². The summed E-state index contributed by atoms with van der Waals surface area (Å²) in [6.45, 7) is 1.42. The van der Waals surface area contributed by atoms with Gasteiger partial charge in [0.1, 0.15) is 27.6 Å². The topological polar surface area (TPSA) is 80.0 Å². The molecule has 0 saturated carbocycles. The summed E-state index contributed by atoms with van der Waals surface area (Å²) in [5, 5.41) is 9.11. The van der Waals surface area contributed by atoms with Crippen molar-refractivity contribution in [1.29, 1.82) is 0 Å². The number of benzene rings is 1. The first-order valence-corrected chi connectivity index (χ1v) is 8.87. The minimum Gasteiger partial charge on any atom is -0.497 e. The van der Waals surface area contributed by atoms with Crippen LogP contribution in [0.1, 0.15) is 12.7 Å². The Morgan fingerprint density at radius 2 is 2.00 bits per heavy atom. The van der Waals surface area contributed by atoms with Crippen LogP contribution in [0.4, 0.5) is 0 Å². The normalized spacial score (nSPS) is 17.0. The van der Waals surface area contributed by atoms with Gasteiger partial charge in [-0.3, -0.25) is 9.69 Å². The second-order valence-electron chi connectivity index (χ2n) is 5.50. The van der Waals surface area contributed by atoms with Gasteiger partial charge >= 0.3 is 5.97 Å². The highest BCUT2D eigenvalue weighted by Crippen LogP contribution is 2.35. The largest absolute Gasteiger partial charge is 0.497 e. The molecule has 1 atom stereocenters. The molecule has 0 unspecified atom stereocenters. The van der Waals surface area contributed by atoms with E-state index in [2.05, 4.69) is 0 Å². The number of nitrogens with zero attached hydrogens (tertiary/aromatic N) is 1. The SMILES string of the molecule is COc1ccc(-c2ccc(/C=C3\SC(=S)N([C@@H](C)C(=O)O)C3=O)o2)cc1. The number of amides is 1. The molecule has 0 radical (unpaired) electrons. The van der Waals surface area contributed by atoms with E-state index in [1.54, 1.807) is 25.3 Å². The van der Waals surface area contributed by atoms with Crippen LogP contribution in [0.3, 0.4) is 0 Å². The molecule has 1 aliphatic heterocycles. The van der Waals surface area contributed by atoms with Gasteiger partial charge in [0, 0.05) is 11.6 Å². The molecule has 1 aromatic heterocycles. The van der Waals surface area contributed by atoms with Crippen LogP contribution in [-0.4, -0.2) is 39.4 Å². The standard InChI is InChI=1S/C18H15NO5S2/c1-10(17(21)22)19-16(20)15(26-18(19)25)9-13-7-8-14(24-13)11-3-5-12(23-2)6-4-11/h3-10H,1-2H3,(H,21,22)/b15-9-/t10-/m0/s1. The van der Waals surface area contributed by atoms with Crippen LogP contribution >= 0.6 is 24.0 Å². The summed E-state index contributed by atoms with van der Waals surface area (Å²) in [5.41, 5.74) is 0.873. The third-order valence-corrected chi connectivity index (χ3v) is 5.17. The number of carboxylic acids is 1. The zero-order chi connectivity index (χ0) is 18.8. The highest BCUT2D eigenvalue weighted by Gasteiger charge is 2.38. The van der Waals surface area contributed by atoms with E-state index in [4.69, 9.17) is 26.5 Å². The predicted molar refractivity (Wildman–Crippen MR) is 103 cm³/mol. The summed E-state index contributed by atoms with van der Waals surface area (Å²) in [4.78, 5) is 25.0. The minimum atomic E-state index is -1.11. The maximum atomic E-state index is 12.4. The molecule has 6 nitrogen and oxygen atoms in total. The zero-order valence-corrected chi connectivity index (χ0v) is 15.6. The summed E-state index contributed by atoms with van der Waals surface area (Å²) < 4.78 is 11.1. The average molecular weight is 389 g/mol. The van der Waals surface area contributed by atoms with Crippen LogP contribution in [0.15, 0.2) is 45.7 Å². The lowest BCUT2D eigenvalue weighted by atomic mass is 10.2. The zero-order valence-electron chi connectivity index (χ0n) is 14.0. The Bertz CT molecular complexity index is 901. The van der Waals surface area contributed by atoms with Crippen LogP contribution in [0, 0.1) is 0 Å². The number of rotatable bonds is 5. The number of methoxy groups -OCH3 is 1. The van der Waals surface area contributed by atoms with E-state index in [9.17, 15) is 9.59 Å². The second kappa shape index (κ2) is 7.35. The quantitative estimate of drug-likeness (QED) is 0.618. The third-order valence-electron chi connectivity index (χ3n) is 3.84. The average Bonchev–Trinajstić information content (AvgIpc) is 3.19. The molecular weight excluding hydrogens is 374 g/mol. The second-order valence-corrected chi connectivity index (χ2v) is 7.17. The lowest BCUT2D eigenvalue weighted by Crippen LogP contribution is -2.41. The van der Waals surface area contributed by atoms with Crippen molar-refractivity contribution in [2.45, 2.75) is 13.0 Å². The maximum Gasteiger partial charge on any atom is 0.326 e. The number of carbonyl (C=O) groups excluding carboxylic acids is 1. The maximum absolute atomic E-state index is 12.4. The molecule has 8 heteroatoms. The summed E-state index contributed by atoms with van der Waals surface area (Å²) >= 11 is 6.19. The Balaban J connectivity index is 1.82. The van der Waals surface area contributed by atoms with Gasteiger partial charge in [0.15, 0.2) is 0 Å². The van der Waals surface area contributed by atoms with E-state index in [1.807, 2.05) is 24.3 Å². The van der Waals surface area contributed by atoms with Gasteiger partial charge in [0.25, 0.3) is 5.91 Å². The Morgan fingerprint density at radius 1 is 1.31 bits per heavy atom. The van der Waals surface area contributed by atoms with Gasteiger partial charge in [0.2, 0.25) is 0 Å². The lowest BCUT2D eigenvalue weighted by Gasteiger charge is -2.18. The number of hydrogen-bond acceptors (Lipinski definition) is 6. The van der Waals surface area contributed by atoms with E-state index < -0.39 is 17.9 Å². The molecule has 0 spiro atoms. The first kappa shape index (κ1) is 18.2. The Labute approximate surface area is 159 Å². The summed E-state index contributed by atoms with van der Waals surface area (Å²) in [7, 11) is 1.60. The lowest BCUT2D eigenvalue weighted by molar-refractivity contribution is -0.144. The molecule has 0 aliphatic carbocycles. The van der Waals surface area contributed by atoms with Crippen molar-refractivity contribution in [2.75, 3.05) is 7.11 Å². The van der Waals surface area contributed by atoms with Crippen molar-refractivity contribution in [2.24, 2.45) is 0 Å². The molecule has 26 heavy (non-hydrogen) atoms. The van der Waals surface area contributed by atoms with Crippen LogP contribution in [0.25, 0.3) is 17.4 Å². The summed E-state index contributed by atoms with van der Waals surface area (Å²) in [6.07, 6.45) is 1.57. The van der Waals surface area contributed by atoms with Gasteiger partial charge in [0.05, 0.1) is 12.0 Å². The first-order chi connectivity index (χ1) is 12.4. The number of aliphatic carboxylic acids is 1. The van der Waals surface area contributed by atoms with Gasteiger partial charge < -0.3 is 14.3 Å². The van der Waals surface area contributed by atoms with E-state index >= 15 is 0 Å². The fourth-order valence-electron chi connectivity index (χ4n) is 2.39. The molecule has 0 bridgehead atoms. The molecule has 1 fully saturated rings. The number of carboxylic acid groups (broad SMARTS) is 1. The van der Waals surface area contributed by atoms with E-state index in [1.165, 1.54) is 6.92 Å². The minimum absolute atomic E-state index is 0.220. The van der Waals surface area contributed by atoms with Crippen molar-refractivity contribution >= 4 is 46.3 Å². The number of carbonyl (C=O) groups is 2. The Hall–Kier alpha value is -2.58. The number of thioether (sulfide) groups is 1. The number of ether oxygens (including phenoxy) is 1. The van der Waals surface area contributed by atoms with Crippen molar-refractivity contribution in [1.82, 2.24) is 4.90 Å². The van der Waals surface area contributed by atoms with Crippen molar-refractivity contribution in [3.63, 3.8) is 0 Å². The summed E-state index contributed by atoms with van der Waals surface area (Å²) in [5.74, 6) is 0.337. The molecule has 1 N–H and O–H groups in total. The first-order valence-electron chi connectivity index (χ1n) is 7.65. The van der Waals surface area contributed by atoms with E-state index in [0.29, 0.717) is 16.4 Å². The van der Waals surface area contributed by atoms with Crippen LogP contribution in [0.5, 0.6) is 5.75 Å². The molecule has 1 saturated heterocycles. The smallest absolute Gasteiger partial charge is 0.326 e. The number of thiocarbonyl (C=S) groups is 1.